The maximum Gasteiger partial charge on any atom is 0.145 e. The summed E-state index contributed by atoms with van der Waals surface area (Å²) in [6.07, 6.45) is -0.393. The highest BCUT2D eigenvalue weighted by Gasteiger charge is 2.62. The molecule has 2 radical (unpaired) electrons. The first kappa shape index (κ1) is 10.4. The zero-order valence-electron chi connectivity index (χ0n) is 8.73. The molecule has 0 spiro atoms. The molecule has 0 aromatic heterocycles. The van der Waals surface area contributed by atoms with Crippen molar-refractivity contribution in [3.63, 3.8) is 0 Å². The highest BCUT2D eigenvalue weighted by Crippen LogP contribution is 2.43. The molecule has 2 aliphatic rings. The summed E-state index contributed by atoms with van der Waals surface area (Å²) in [5.41, 5.74) is -0.534. The van der Waals surface area contributed by atoms with E-state index in [0.717, 1.165) is 0 Å². The highest BCUT2D eigenvalue weighted by atomic mass is 16.7. The monoisotopic (exact) mass is 198 g/mol. The Morgan fingerprint density at radius 1 is 1.50 bits per heavy atom. The summed E-state index contributed by atoms with van der Waals surface area (Å²) in [6, 6.07) is -0.411. The minimum atomic E-state index is -0.534. The summed E-state index contributed by atoms with van der Waals surface area (Å²) in [5.74, 6) is 0. The summed E-state index contributed by atoms with van der Waals surface area (Å²) in [7, 11) is 9.07. The van der Waals surface area contributed by atoms with Crippen molar-refractivity contribution in [2.24, 2.45) is 0 Å². The van der Waals surface area contributed by atoms with Crippen LogP contribution in [0, 0.1) is 0 Å². The number of hydrogen-bond acceptors (Lipinski definition) is 4. The SMILES string of the molecule is [B][C@@H]1O[C@@]2(C(C)OC)CO[C@H]1C2OC. The second-order valence-corrected chi connectivity index (χ2v) is 3.85. The number of fused-ring (bicyclic) bond motifs is 2. The van der Waals surface area contributed by atoms with E-state index in [4.69, 9.17) is 26.8 Å². The first-order valence-electron chi connectivity index (χ1n) is 4.76. The van der Waals surface area contributed by atoms with Crippen LogP contribution in [0.2, 0.25) is 0 Å². The number of ether oxygens (including phenoxy) is 4. The average Bonchev–Trinajstić information content (AvgIpc) is 2.68. The third-order valence-electron chi connectivity index (χ3n) is 3.26. The molecule has 4 nitrogen and oxygen atoms in total. The van der Waals surface area contributed by atoms with Crippen molar-refractivity contribution in [1.29, 1.82) is 0 Å². The van der Waals surface area contributed by atoms with Crippen molar-refractivity contribution in [3.05, 3.63) is 0 Å². The molecular formula is C9H15BO4. The number of methoxy groups -OCH3 is 2. The molecule has 14 heavy (non-hydrogen) atoms. The Kier molecular flexibility index (Phi) is 2.60. The van der Waals surface area contributed by atoms with E-state index >= 15 is 0 Å². The fourth-order valence-corrected chi connectivity index (χ4v) is 2.34. The lowest BCUT2D eigenvalue weighted by Gasteiger charge is -2.35. The van der Waals surface area contributed by atoms with Crippen molar-refractivity contribution >= 4 is 7.85 Å². The van der Waals surface area contributed by atoms with E-state index in [1.54, 1.807) is 14.2 Å². The number of rotatable bonds is 3. The van der Waals surface area contributed by atoms with Gasteiger partial charge in [-0.2, -0.15) is 0 Å². The molecular weight excluding hydrogens is 183 g/mol. The third kappa shape index (κ3) is 1.16. The Labute approximate surface area is 85.3 Å². The van der Waals surface area contributed by atoms with Gasteiger partial charge in [0.2, 0.25) is 0 Å². The normalized spacial score (nSPS) is 48.4. The minimum Gasteiger partial charge on any atom is -0.379 e. The summed E-state index contributed by atoms with van der Waals surface area (Å²) >= 11 is 0. The largest absolute Gasteiger partial charge is 0.379 e. The second kappa shape index (κ2) is 3.49. The zero-order valence-corrected chi connectivity index (χ0v) is 8.73. The van der Waals surface area contributed by atoms with Gasteiger partial charge >= 0.3 is 0 Å². The van der Waals surface area contributed by atoms with E-state index in [1.807, 2.05) is 6.92 Å². The molecule has 0 aromatic carbocycles. The molecule has 0 aliphatic carbocycles. The summed E-state index contributed by atoms with van der Waals surface area (Å²) < 4.78 is 21.9. The maximum atomic E-state index is 5.78. The van der Waals surface area contributed by atoms with E-state index in [-0.39, 0.29) is 18.3 Å². The van der Waals surface area contributed by atoms with Crippen LogP contribution in [0.15, 0.2) is 0 Å². The van der Waals surface area contributed by atoms with Crippen LogP contribution in [0.1, 0.15) is 6.92 Å². The van der Waals surface area contributed by atoms with Gasteiger partial charge in [0.05, 0.1) is 12.7 Å². The third-order valence-corrected chi connectivity index (χ3v) is 3.26. The van der Waals surface area contributed by atoms with Gasteiger partial charge in [0.1, 0.15) is 25.7 Å². The lowest BCUT2D eigenvalue weighted by molar-refractivity contribution is -0.173. The van der Waals surface area contributed by atoms with E-state index in [2.05, 4.69) is 0 Å². The zero-order chi connectivity index (χ0) is 10.3. The molecule has 0 amide bonds. The summed E-state index contributed by atoms with van der Waals surface area (Å²) in [4.78, 5) is 0. The van der Waals surface area contributed by atoms with Crippen molar-refractivity contribution in [3.8, 4) is 0 Å². The van der Waals surface area contributed by atoms with E-state index in [0.29, 0.717) is 6.61 Å². The van der Waals surface area contributed by atoms with Crippen LogP contribution < -0.4 is 0 Å². The lowest BCUT2D eigenvalue weighted by atomic mass is 9.89. The number of hydrogen-bond donors (Lipinski definition) is 0. The molecule has 2 fully saturated rings. The first-order chi connectivity index (χ1) is 6.65. The lowest BCUT2D eigenvalue weighted by Crippen LogP contribution is -2.51. The van der Waals surface area contributed by atoms with E-state index in [1.165, 1.54) is 0 Å². The van der Waals surface area contributed by atoms with Crippen LogP contribution in [0.5, 0.6) is 0 Å². The standard InChI is InChI=1S/C9H15BO4/c1-5(11-2)9-4-13-6(7(9)12-3)8(10)14-9/h5-8H,4H2,1-3H3/t5?,6-,7?,8+,9+/m0/s1. The van der Waals surface area contributed by atoms with E-state index in [9.17, 15) is 0 Å². The summed E-state index contributed by atoms with van der Waals surface area (Å²) in [5, 5.41) is 0. The van der Waals surface area contributed by atoms with Gasteiger partial charge < -0.3 is 18.9 Å². The van der Waals surface area contributed by atoms with Gasteiger partial charge in [-0.25, -0.2) is 0 Å². The smallest absolute Gasteiger partial charge is 0.145 e. The molecule has 78 valence electrons. The Hall–Kier alpha value is -0.0951. The van der Waals surface area contributed by atoms with Crippen LogP contribution in [-0.4, -0.2) is 58.6 Å². The summed E-state index contributed by atoms with van der Waals surface area (Å²) in [6.45, 7) is 2.43. The van der Waals surface area contributed by atoms with Gasteiger partial charge in [0, 0.05) is 20.2 Å². The molecule has 2 heterocycles. The Balaban J connectivity index is 2.24. The van der Waals surface area contributed by atoms with Crippen molar-refractivity contribution in [2.75, 3.05) is 20.8 Å². The van der Waals surface area contributed by atoms with Crippen molar-refractivity contribution in [1.82, 2.24) is 0 Å². The molecule has 2 bridgehead atoms. The van der Waals surface area contributed by atoms with Crippen LogP contribution in [0.25, 0.3) is 0 Å². The van der Waals surface area contributed by atoms with Gasteiger partial charge in [0.15, 0.2) is 0 Å². The Morgan fingerprint density at radius 3 is 2.71 bits per heavy atom. The highest BCUT2D eigenvalue weighted by molar-refractivity contribution is 6.11. The van der Waals surface area contributed by atoms with Gasteiger partial charge in [-0.1, -0.05) is 0 Å². The predicted molar refractivity (Wildman–Crippen MR) is 50.4 cm³/mol. The molecule has 2 saturated heterocycles. The molecule has 0 saturated carbocycles. The first-order valence-corrected chi connectivity index (χ1v) is 4.76. The Bertz CT molecular complexity index is 225. The molecule has 0 aromatic rings. The molecule has 2 aliphatic heterocycles. The molecule has 5 atom stereocenters. The molecule has 2 rings (SSSR count). The average molecular weight is 198 g/mol. The second-order valence-electron chi connectivity index (χ2n) is 3.85. The quantitative estimate of drug-likeness (QED) is 0.583. The Morgan fingerprint density at radius 2 is 2.21 bits per heavy atom. The minimum absolute atomic E-state index is 0.0917. The topological polar surface area (TPSA) is 36.9 Å². The van der Waals surface area contributed by atoms with Gasteiger partial charge in [-0.3, -0.25) is 0 Å². The van der Waals surface area contributed by atoms with Gasteiger partial charge in [-0.15, -0.1) is 0 Å². The van der Waals surface area contributed by atoms with Crippen molar-refractivity contribution < 1.29 is 18.9 Å². The molecule has 0 N–H and O–H groups in total. The van der Waals surface area contributed by atoms with Crippen LogP contribution in [-0.2, 0) is 18.9 Å². The van der Waals surface area contributed by atoms with Crippen LogP contribution in [0.4, 0.5) is 0 Å². The van der Waals surface area contributed by atoms with Crippen molar-refractivity contribution in [2.45, 2.75) is 36.8 Å². The van der Waals surface area contributed by atoms with Gasteiger partial charge in [0.25, 0.3) is 0 Å². The molecule has 2 unspecified atom stereocenters. The fourth-order valence-electron chi connectivity index (χ4n) is 2.34. The maximum absolute atomic E-state index is 5.78. The van der Waals surface area contributed by atoms with Gasteiger partial charge in [-0.05, 0) is 6.92 Å². The van der Waals surface area contributed by atoms with Crippen LogP contribution >= 0.6 is 0 Å². The van der Waals surface area contributed by atoms with Crippen LogP contribution in [0.3, 0.4) is 0 Å². The molecule has 5 heteroatoms. The predicted octanol–water partition coefficient (Wildman–Crippen LogP) is -0.301. The fraction of sp³-hybridized carbons (Fsp3) is 1.00. The van der Waals surface area contributed by atoms with E-state index < -0.39 is 11.6 Å².